The van der Waals surface area contributed by atoms with E-state index in [-0.39, 0.29) is 22.3 Å². The van der Waals surface area contributed by atoms with Gasteiger partial charge in [-0.1, -0.05) is 121 Å². The fourth-order valence-corrected chi connectivity index (χ4v) is 5.49. The Hall–Kier alpha value is -6.00. The van der Waals surface area contributed by atoms with Gasteiger partial charge in [0.1, 0.15) is 0 Å². The number of esters is 2. The van der Waals surface area contributed by atoms with Crippen LogP contribution in [0.4, 0.5) is 26.3 Å². The van der Waals surface area contributed by atoms with Crippen LogP contribution in [-0.4, -0.2) is 48.6 Å². The standard InChI is InChI=1S/C38H34F6N4O6/c39-37(40,41)35(27-17-9-3-10-18-27,23-25-13-5-1-6-14-25)47-33(51)31(45)53-29(49)21-22-30(50)54-32(46)34(52)48-36(38(42,43)44,28-19-11-4-12-20-28)24-26-15-7-2-8-16-26/h1-22,31-32H,23-24,45-46H2,(H,47,51)(H,48,52)/b22-21-. The van der Waals surface area contributed by atoms with E-state index in [0.29, 0.717) is 12.2 Å². The third kappa shape index (κ3) is 9.90. The van der Waals surface area contributed by atoms with Crippen molar-refractivity contribution in [2.75, 3.05) is 0 Å². The topological polar surface area (TPSA) is 163 Å². The second-order valence-electron chi connectivity index (χ2n) is 11.9. The van der Waals surface area contributed by atoms with Gasteiger partial charge >= 0.3 is 24.3 Å². The number of carbonyl (C=O) groups is 4. The van der Waals surface area contributed by atoms with Gasteiger partial charge in [-0.05, 0) is 22.3 Å². The molecule has 16 heteroatoms. The SMILES string of the molecule is NC(OC(=O)/C=C\C(=O)OC(N)C(=O)NC(Cc1ccccc1)(c1ccccc1)C(F)(F)F)C(=O)NC(Cc1ccccc1)(c1ccccc1)C(F)(F)F. The molecule has 2 amide bonds. The van der Waals surface area contributed by atoms with Crippen molar-refractivity contribution in [1.29, 1.82) is 0 Å². The number of nitrogens with one attached hydrogen (secondary N) is 2. The summed E-state index contributed by atoms with van der Waals surface area (Å²) in [4.78, 5) is 50.8. The van der Waals surface area contributed by atoms with E-state index in [2.05, 4.69) is 0 Å². The molecule has 0 aliphatic heterocycles. The van der Waals surface area contributed by atoms with Crippen LogP contribution in [0.25, 0.3) is 0 Å². The van der Waals surface area contributed by atoms with Gasteiger partial charge in [-0.3, -0.25) is 21.1 Å². The molecule has 4 aromatic carbocycles. The van der Waals surface area contributed by atoms with Gasteiger partial charge in [0.05, 0.1) is 0 Å². The summed E-state index contributed by atoms with van der Waals surface area (Å²) < 4.78 is 98.3. The van der Waals surface area contributed by atoms with E-state index in [9.17, 15) is 45.5 Å². The van der Waals surface area contributed by atoms with Gasteiger partial charge in [0.15, 0.2) is 11.1 Å². The maximum Gasteiger partial charge on any atom is 0.416 e. The van der Waals surface area contributed by atoms with Gasteiger partial charge in [-0.25, -0.2) is 9.59 Å². The Bertz CT molecular complexity index is 1780. The van der Waals surface area contributed by atoms with Crippen LogP contribution >= 0.6 is 0 Å². The summed E-state index contributed by atoms with van der Waals surface area (Å²) in [5.41, 5.74) is 4.96. The van der Waals surface area contributed by atoms with Gasteiger partial charge in [-0.15, -0.1) is 0 Å². The number of hydrogen-bond acceptors (Lipinski definition) is 8. The van der Waals surface area contributed by atoms with Crippen LogP contribution in [-0.2, 0) is 52.6 Å². The molecule has 0 aromatic heterocycles. The lowest BCUT2D eigenvalue weighted by Crippen LogP contribution is -2.61. The summed E-state index contributed by atoms with van der Waals surface area (Å²) in [5, 5.41) is 3.75. The molecule has 10 nitrogen and oxygen atoms in total. The summed E-state index contributed by atoms with van der Waals surface area (Å²) in [5.74, 6) is -6.10. The lowest BCUT2D eigenvalue weighted by atomic mass is 9.82. The predicted molar refractivity (Wildman–Crippen MR) is 182 cm³/mol. The van der Waals surface area contributed by atoms with Crippen molar-refractivity contribution in [3.63, 3.8) is 0 Å². The quantitative estimate of drug-likeness (QED) is 0.0616. The van der Waals surface area contributed by atoms with E-state index in [1.807, 2.05) is 10.6 Å². The van der Waals surface area contributed by atoms with Crippen molar-refractivity contribution in [2.45, 2.75) is 48.7 Å². The van der Waals surface area contributed by atoms with E-state index in [1.54, 1.807) is 12.1 Å². The highest BCUT2D eigenvalue weighted by molar-refractivity contribution is 5.94. The van der Waals surface area contributed by atoms with Crippen LogP contribution in [0.1, 0.15) is 22.3 Å². The molecule has 4 aromatic rings. The van der Waals surface area contributed by atoms with Gasteiger partial charge in [0, 0.05) is 25.0 Å². The third-order valence-corrected chi connectivity index (χ3v) is 8.16. The first-order valence-electron chi connectivity index (χ1n) is 16.0. The lowest BCUT2D eigenvalue weighted by Gasteiger charge is -2.38. The number of alkyl halides is 6. The van der Waals surface area contributed by atoms with Crippen LogP contribution in [0, 0.1) is 0 Å². The second-order valence-corrected chi connectivity index (χ2v) is 11.9. The van der Waals surface area contributed by atoms with Crippen LogP contribution in [0.3, 0.4) is 0 Å². The number of amides is 2. The minimum absolute atomic E-state index is 0.207. The normalized spacial score (nSPS) is 15.2. The zero-order chi connectivity index (χ0) is 39.6. The van der Waals surface area contributed by atoms with Gasteiger partial charge in [-0.2, -0.15) is 26.3 Å². The molecule has 0 aliphatic rings. The number of halogens is 6. The Morgan fingerprint density at radius 3 is 1.07 bits per heavy atom. The number of hydrogen-bond donors (Lipinski definition) is 4. The molecule has 4 unspecified atom stereocenters. The Morgan fingerprint density at radius 2 is 0.796 bits per heavy atom. The lowest BCUT2D eigenvalue weighted by molar-refractivity contribution is -0.204. The summed E-state index contributed by atoms with van der Waals surface area (Å²) in [6.45, 7) is 0. The van der Waals surface area contributed by atoms with Crippen LogP contribution in [0.5, 0.6) is 0 Å². The minimum Gasteiger partial charge on any atom is -0.434 e. The van der Waals surface area contributed by atoms with Crippen LogP contribution in [0.15, 0.2) is 133 Å². The smallest absolute Gasteiger partial charge is 0.416 e. The zero-order valence-corrected chi connectivity index (χ0v) is 28.1. The van der Waals surface area contributed by atoms with Crippen molar-refractivity contribution >= 4 is 23.8 Å². The number of carbonyl (C=O) groups excluding carboxylic acids is 4. The predicted octanol–water partition coefficient (Wildman–Crippen LogP) is 4.83. The molecule has 0 saturated carbocycles. The van der Waals surface area contributed by atoms with E-state index < -0.39 is 72.5 Å². The molecular formula is C38H34F6N4O6. The monoisotopic (exact) mass is 756 g/mol. The first kappa shape index (κ1) is 40.8. The number of rotatable bonds is 14. The van der Waals surface area contributed by atoms with Crippen molar-refractivity contribution in [1.82, 2.24) is 10.6 Å². The first-order chi connectivity index (χ1) is 25.5. The fourth-order valence-electron chi connectivity index (χ4n) is 5.49. The van der Waals surface area contributed by atoms with Gasteiger partial charge in [0.2, 0.25) is 12.5 Å². The van der Waals surface area contributed by atoms with Crippen molar-refractivity contribution in [2.24, 2.45) is 11.5 Å². The Balaban J connectivity index is 1.44. The summed E-state index contributed by atoms with van der Waals surface area (Å²) in [6.07, 6.45) is -15.6. The van der Waals surface area contributed by atoms with Crippen LogP contribution < -0.4 is 22.1 Å². The highest BCUT2D eigenvalue weighted by Crippen LogP contribution is 2.43. The highest BCUT2D eigenvalue weighted by Gasteiger charge is 2.58. The first-order valence-corrected chi connectivity index (χ1v) is 16.0. The maximum atomic E-state index is 14.8. The Kier molecular flexibility index (Phi) is 13.0. The Labute approximate surface area is 305 Å². The van der Waals surface area contributed by atoms with Crippen molar-refractivity contribution in [3.8, 4) is 0 Å². The highest BCUT2D eigenvalue weighted by atomic mass is 19.4. The van der Waals surface area contributed by atoms with E-state index in [4.69, 9.17) is 20.9 Å². The van der Waals surface area contributed by atoms with Crippen LogP contribution in [0.2, 0.25) is 0 Å². The van der Waals surface area contributed by atoms with Crippen molar-refractivity contribution < 1.29 is 55.0 Å². The molecular weight excluding hydrogens is 722 g/mol. The molecule has 0 heterocycles. The second kappa shape index (κ2) is 17.2. The molecule has 6 N–H and O–H groups in total. The van der Waals surface area contributed by atoms with E-state index in [1.165, 1.54) is 84.9 Å². The molecule has 0 spiro atoms. The number of benzene rings is 4. The summed E-state index contributed by atoms with van der Waals surface area (Å²) in [7, 11) is 0. The molecule has 284 valence electrons. The van der Waals surface area contributed by atoms with Gasteiger partial charge in [0.25, 0.3) is 11.8 Å². The molecule has 0 aliphatic carbocycles. The zero-order valence-electron chi connectivity index (χ0n) is 28.1. The van der Waals surface area contributed by atoms with E-state index in [0.717, 1.165) is 24.3 Å². The Morgan fingerprint density at radius 1 is 0.519 bits per heavy atom. The van der Waals surface area contributed by atoms with Crippen molar-refractivity contribution in [3.05, 3.63) is 156 Å². The molecule has 0 radical (unpaired) electrons. The largest absolute Gasteiger partial charge is 0.434 e. The maximum absolute atomic E-state index is 14.8. The van der Waals surface area contributed by atoms with Gasteiger partial charge < -0.3 is 20.1 Å². The molecule has 4 atom stereocenters. The number of ether oxygens (including phenoxy) is 2. The molecule has 54 heavy (non-hydrogen) atoms. The van der Waals surface area contributed by atoms with E-state index >= 15 is 0 Å². The molecule has 0 saturated heterocycles. The summed E-state index contributed by atoms with van der Waals surface area (Å²) >= 11 is 0. The molecule has 0 bridgehead atoms. The third-order valence-electron chi connectivity index (χ3n) is 8.16. The molecule has 0 fully saturated rings. The number of nitrogens with two attached hydrogens (primary N) is 2. The summed E-state index contributed by atoms with van der Waals surface area (Å²) in [6, 6.07) is 27.9. The fraction of sp³-hybridized carbons (Fsp3) is 0.211. The average molecular weight is 757 g/mol. The minimum atomic E-state index is -5.08. The average Bonchev–Trinajstić information content (AvgIpc) is 3.14. The molecule has 4 rings (SSSR count).